The molecule has 2 unspecified atom stereocenters. The van der Waals surface area contributed by atoms with Gasteiger partial charge in [-0.3, -0.25) is 4.79 Å². The molecule has 0 bridgehead atoms. The van der Waals surface area contributed by atoms with Crippen LogP contribution in [0.5, 0.6) is 0 Å². The van der Waals surface area contributed by atoms with E-state index in [0.29, 0.717) is 11.4 Å². The molecule has 0 saturated carbocycles. The summed E-state index contributed by atoms with van der Waals surface area (Å²) in [6.07, 6.45) is 0. The number of Topliss-reactive ketones (excluding diaryl/α,β-unsaturated/α-hetero) is 1. The Bertz CT molecular complexity index is 656. The first-order chi connectivity index (χ1) is 10.3. The number of hydrogen-bond donors (Lipinski definition) is 2. The van der Waals surface area contributed by atoms with E-state index in [1.807, 2.05) is 0 Å². The summed E-state index contributed by atoms with van der Waals surface area (Å²) >= 11 is 0. The Kier molecular flexibility index (Phi) is 4.45. The molecule has 0 amide bonds. The molecule has 2 aromatic rings. The molecule has 0 spiro atoms. The summed E-state index contributed by atoms with van der Waals surface area (Å²) in [5.41, 5.74) is 12.5. The van der Waals surface area contributed by atoms with Crippen LogP contribution in [0.15, 0.2) is 36.4 Å². The van der Waals surface area contributed by atoms with Crippen LogP contribution in [0.4, 0.5) is 20.2 Å². The Morgan fingerprint density at radius 1 is 0.864 bits per heavy atom. The number of rotatable bonds is 4. The van der Waals surface area contributed by atoms with Crippen molar-refractivity contribution in [2.24, 2.45) is 0 Å². The van der Waals surface area contributed by atoms with Gasteiger partial charge in [-0.2, -0.15) is 0 Å². The fraction of sp³-hybridized carbons (Fsp3) is 0.235. The number of halogens is 2. The van der Waals surface area contributed by atoms with E-state index >= 15 is 0 Å². The van der Waals surface area contributed by atoms with Gasteiger partial charge in [-0.1, -0.05) is 13.8 Å². The van der Waals surface area contributed by atoms with E-state index in [9.17, 15) is 13.6 Å². The van der Waals surface area contributed by atoms with E-state index in [-0.39, 0.29) is 16.9 Å². The van der Waals surface area contributed by atoms with Gasteiger partial charge in [0.15, 0.2) is 0 Å². The maximum atomic E-state index is 13.9. The van der Waals surface area contributed by atoms with Crippen molar-refractivity contribution in [2.45, 2.75) is 25.7 Å². The quantitative estimate of drug-likeness (QED) is 0.848. The highest BCUT2D eigenvalue weighted by molar-refractivity contribution is 5.91. The van der Waals surface area contributed by atoms with Crippen molar-refractivity contribution < 1.29 is 13.6 Å². The molecule has 0 saturated heterocycles. The van der Waals surface area contributed by atoms with E-state index in [2.05, 4.69) is 0 Å². The summed E-state index contributed by atoms with van der Waals surface area (Å²) in [6, 6.07) is 8.16. The van der Waals surface area contributed by atoms with E-state index in [1.54, 1.807) is 13.8 Å². The average molecular weight is 304 g/mol. The SMILES string of the molecule is CC(C(=O)C(C)c1cc(N)ccc1F)c1cc(N)ccc1F. The summed E-state index contributed by atoms with van der Waals surface area (Å²) in [7, 11) is 0. The molecule has 0 aliphatic rings. The number of carbonyl (C=O) groups is 1. The maximum absolute atomic E-state index is 13.9. The third-order valence-corrected chi connectivity index (χ3v) is 3.83. The van der Waals surface area contributed by atoms with Crippen LogP contribution >= 0.6 is 0 Å². The monoisotopic (exact) mass is 304 g/mol. The van der Waals surface area contributed by atoms with Crippen LogP contribution in [0.25, 0.3) is 0 Å². The standard InChI is InChI=1S/C17H18F2N2O/c1-9(13-7-11(20)3-5-15(13)18)17(22)10(2)14-8-12(21)4-6-16(14)19/h3-10H,20-21H2,1-2H3. The lowest BCUT2D eigenvalue weighted by Crippen LogP contribution is -2.19. The van der Waals surface area contributed by atoms with Gasteiger partial charge in [0, 0.05) is 34.3 Å². The van der Waals surface area contributed by atoms with Crippen LogP contribution < -0.4 is 11.5 Å². The molecular weight excluding hydrogens is 286 g/mol. The number of hydrogen-bond acceptors (Lipinski definition) is 3. The molecular formula is C17H18F2N2O. The molecule has 0 fully saturated rings. The lowest BCUT2D eigenvalue weighted by molar-refractivity contribution is -0.121. The van der Waals surface area contributed by atoms with Crippen LogP contribution in [0.3, 0.4) is 0 Å². The lowest BCUT2D eigenvalue weighted by atomic mass is 9.85. The summed E-state index contributed by atoms with van der Waals surface area (Å²) in [5, 5.41) is 0. The van der Waals surface area contributed by atoms with Gasteiger partial charge in [0.05, 0.1) is 0 Å². The van der Waals surface area contributed by atoms with Gasteiger partial charge >= 0.3 is 0 Å². The Balaban J connectivity index is 2.34. The molecule has 22 heavy (non-hydrogen) atoms. The second-order valence-electron chi connectivity index (χ2n) is 5.41. The second-order valence-corrected chi connectivity index (χ2v) is 5.41. The first-order valence-electron chi connectivity index (χ1n) is 6.94. The number of anilines is 2. The second kappa shape index (κ2) is 6.13. The van der Waals surface area contributed by atoms with Crippen molar-refractivity contribution in [2.75, 3.05) is 11.5 Å². The van der Waals surface area contributed by atoms with Gasteiger partial charge in [-0.05, 0) is 36.4 Å². The molecule has 2 atom stereocenters. The Morgan fingerprint density at radius 3 is 1.59 bits per heavy atom. The smallest absolute Gasteiger partial charge is 0.147 e. The predicted molar refractivity (Wildman–Crippen MR) is 83.5 cm³/mol. The van der Waals surface area contributed by atoms with Gasteiger partial charge < -0.3 is 11.5 Å². The molecule has 0 heterocycles. The van der Waals surface area contributed by atoms with Gasteiger partial charge in [-0.15, -0.1) is 0 Å². The van der Waals surface area contributed by atoms with Crippen LogP contribution in [-0.2, 0) is 4.79 Å². The highest BCUT2D eigenvalue weighted by atomic mass is 19.1. The molecule has 2 rings (SSSR count). The largest absolute Gasteiger partial charge is 0.399 e. The number of nitrogen functional groups attached to an aromatic ring is 2. The van der Waals surface area contributed by atoms with Gasteiger partial charge in [0.1, 0.15) is 17.4 Å². The third kappa shape index (κ3) is 3.08. The molecule has 2 aromatic carbocycles. The minimum Gasteiger partial charge on any atom is -0.399 e. The normalized spacial score (nSPS) is 13.6. The average Bonchev–Trinajstić information content (AvgIpc) is 2.50. The zero-order valence-electron chi connectivity index (χ0n) is 12.4. The van der Waals surface area contributed by atoms with E-state index in [1.165, 1.54) is 36.4 Å². The molecule has 0 aliphatic carbocycles. The van der Waals surface area contributed by atoms with Crippen molar-refractivity contribution in [3.8, 4) is 0 Å². The van der Waals surface area contributed by atoms with Crippen LogP contribution in [0, 0.1) is 11.6 Å². The van der Waals surface area contributed by atoms with Crippen molar-refractivity contribution in [3.05, 3.63) is 59.2 Å². The zero-order chi connectivity index (χ0) is 16.4. The zero-order valence-corrected chi connectivity index (χ0v) is 12.4. The third-order valence-electron chi connectivity index (χ3n) is 3.83. The van der Waals surface area contributed by atoms with E-state index in [4.69, 9.17) is 11.5 Å². The van der Waals surface area contributed by atoms with E-state index < -0.39 is 23.5 Å². The predicted octanol–water partition coefficient (Wildman–Crippen LogP) is 3.61. The maximum Gasteiger partial charge on any atom is 0.147 e. The minimum atomic E-state index is -0.737. The molecule has 3 nitrogen and oxygen atoms in total. The Labute approximate surface area is 127 Å². The fourth-order valence-electron chi connectivity index (χ4n) is 2.47. The van der Waals surface area contributed by atoms with Crippen molar-refractivity contribution in [3.63, 3.8) is 0 Å². The molecule has 116 valence electrons. The van der Waals surface area contributed by atoms with Crippen molar-refractivity contribution >= 4 is 17.2 Å². The number of carbonyl (C=O) groups excluding carboxylic acids is 1. The highest BCUT2D eigenvalue weighted by Crippen LogP contribution is 2.30. The number of benzene rings is 2. The van der Waals surface area contributed by atoms with Crippen LogP contribution in [-0.4, -0.2) is 5.78 Å². The van der Waals surface area contributed by atoms with Gasteiger partial charge in [0.25, 0.3) is 0 Å². The fourth-order valence-corrected chi connectivity index (χ4v) is 2.47. The first-order valence-corrected chi connectivity index (χ1v) is 6.94. The van der Waals surface area contributed by atoms with Crippen molar-refractivity contribution in [1.29, 1.82) is 0 Å². The minimum absolute atomic E-state index is 0.209. The topological polar surface area (TPSA) is 69.1 Å². The number of ketones is 1. The molecule has 4 N–H and O–H groups in total. The van der Waals surface area contributed by atoms with Gasteiger partial charge in [-0.25, -0.2) is 8.78 Å². The van der Waals surface area contributed by atoms with Crippen molar-refractivity contribution in [1.82, 2.24) is 0 Å². The summed E-state index contributed by atoms with van der Waals surface area (Å²) in [4.78, 5) is 12.6. The first kappa shape index (κ1) is 15.9. The summed E-state index contributed by atoms with van der Waals surface area (Å²) in [5.74, 6) is -2.78. The molecule has 0 radical (unpaired) electrons. The van der Waals surface area contributed by atoms with Gasteiger partial charge in [0.2, 0.25) is 0 Å². The number of nitrogens with two attached hydrogens (primary N) is 2. The summed E-state index contributed by atoms with van der Waals surface area (Å²) < 4.78 is 27.8. The van der Waals surface area contributed by atoms with Crippen LogP contribution in [0.1, 0.15) is 36.8 Å². The summed E-state index contributed by atoms with van der Waals surface area (Å²) in [6.45, 7) is 3.17. The van der Waals surface area contributed by atoms with Crippen LogP contribution in [0.2, 0.25) is 0 Å². The Morgan fingerprint density at radius 2 is 1.23 bits per heavy atom. The molecule has 0 aromatic heterocycles. The highest BCUT2D eigenvalue weighted by Gasteiger charge is 2.26. The lowest BCUT2D eigenvalue weighted by Gasteiger charge is -2.18. The van der Waals surface area contributed by atoms with E-state index in [0.717, 1.165) is 0 Å². The molecule has 0 aliphatic heterocycles. The Hall–Kier alpha value is -2.43. The molecule has 5 heteroatoms.